The molecule has 1 heterocycles. The Balaban J connectivity index is 2.12. The lowest BCUT2D eigenvalue weighted by Crippen LogP contribution is -2.48. The van der Waals surface area contributed by atoms with Gasteiger partial charge in [-0.15, -0.1) is 0 Å². The molecule has 0 spiro atoms. The van der Waals surface area contributed by atoms with Crippen molar-refractivity contribution >= 4 is 29.1 Å². The van der Waals surface area contributed by atoms with Gasteiger partial charge in [-0.25, -0.2) is 0 Å². The zero-order valence-electron chi connectivity index (χ0n) is 10.2. The van der Waals surface area contributed by atoms with Crippen molar-refractivity contribution in [2.45, 2.75) is 19.4 Å². The minimum Gasteiger partial charge on any atom is -0.349 e. The average molecular weight is 287 g/mol. The van der Waals surface area contributed by atoms with Crippen molar-refractivity contribution in [3.05, 3.63) is 33.8 Å². The maximum Gasteiger partial charge on any atom is 0.254 e. The fourth-order valence-corrected chi connectivity index (χ4v) is 2.75. The number of carbonyl (C=O) groups is 1. The molecule has 2 atom stereocenters. The van der Waals surface area contributed by atoms with Crippen LogP contribution >= 0.6 is 23.2 Å². The Morgan fingerprint density at radius 2 is 2.06 bits per heavy atom. The third-order valence-corrected chi connectivity index (χ3v) is 3.92. The second-order valence-electron chi connectivity index (χ2n) is 4.65. The fourth-order valence-electron chi connectivity index (χ4n) is 2.18. The average Bonchev–Trinajstić information content (AvgIpc) is 2.32. The number of rotatable bonds is 2. The van der Waals surface area contributed by atoms with Crippen molar-refractivity contribution < 1.29 is 4.79 Å². The summed E-state index contributed by atoms with van der Waals surface area (Å²) < 4.78 is 0. The first-order chi connectivity index (χ1) is 8.59. The molecule has 0 radical (unpaired) electrons. The number of hydrogen-bond acceptors (Lipinski definition) is 2. The minimum atomic E-state index is -0.190. The van der Waals surface area contributed by atoms with Crippen LogP contribution in [-0.2, 0) is 0 Å². The van der Waals surface area contributed by atoms with Gasteiger partial charge in [-0.2, -0.15) is 0 Å². The molecule has 1 fully saturated rings. The minimum absolute atomic E-state index is 0.172. The van der Waals surface area contributed by atoms with Crippen molar-refractivity contribution in [2.75, 3.05) is 13.1 Å². The second-order valence-corrected chi connectivity index (χ2v) is 5.46. The van der Waals surface area contributed by atoms with E-state index in [1.165, 1.54) is 0 Å². The summed E-state index contributed by atoms with van der Waals surface area (Å²) in [6.45, 7) is 3.96. The Kier molecular flexibility index (Phi) is 4.49. The summed E-state index contributed by atoms with van der Waals surface area (Å²) in [5, 5.41) is 7.10. The Morgan fingerprint density at radius 3 is 2.67 bits per heavy atom. The van der Waals surface area contributed by atoms with E-state index in [9.17, 15) is 4.79 Å². The van der Waals surface area contributed by atoms with E-state index in [1.54, 1.807) is 18.2 Å². The van der Waals surface area contributed by atoms with Crippen LogP contribution in [0.25, 0.3) is 0 Å². The van der Waals surface area contributed by atoms with Gasteiger partial charge < -0.3 is 10.6 Å². The van der Waals surface area contributed by atoms with Crippen LogP contribution < -0.4 is 10.6 Å². The number of piperidine rings is 1. The van der Waals surface area contributed by atoms with Crippen molar-refractivity contribution in [1.82, 2.24) is 10.6 Å². The van der Waals surface area contributed by atoms with Gasteiger partial charge in [0.2, 0.25) is 0 Å². The summed E-state index contributed by atoms with van der Waals surface area (Å²) in [4.78, 5) is 12.2. The summed E-state index contributed by atoms with van der Waals surface area (Å²) >= 11 is 12.0. The van der Waals surface area contributed by atoms with Crippen molar-refractivity contribution in [3.63, 3.8) is 0 Å². The van der Waals surface area contributed by atoms with E-state index in [-0.39, 0.29) is 11.9 Å². The van der Waals surface area contributed by atoms with Gasteiger partial charge in [0.15, 0.2) is 0 Å². The van der Waals surface area contributed by atoms with Gasteiger partial charge >= 0.3 is 0 Å². The lowest BCUT2D eigenvalue weighted by molar-refractivity contribution is 0.0914. The topological polar surface area (TPSA) is 41.1 Å². The predicted molar refractivity (Wildman–Crippen MR) is 74.4 cm³/mol. The monoisotopic (exact) mass is 286 g/mol. The van der Waals surface area contributed by atoms with Gasteiger partial charge in [0, 0.05) is 6.04 Å². The van der Waals surface area contributed by atoms with Crippen LogP contribution in [0.3, 0.4) is 0 Å². The number of halogens is 2. The molecular weight excluding hydrogens is 271 g/mol. The van der Waals surface area contributed by atoms with Crippen molar-refractivity contribution in [2.24, 2.45) is 5.92 Å². The Labute approximate surface area is 117 Å². The normalized spacial score (nSPS) is 23.7. The molecule has 3 nitrogen and oxygen atoms in total. The van der Waals surface area contributed by atoms with Crippen molar-refractivity contribution in [3.8, 4) is 0 Å². The molecule has 98 valence electrons. The maximum absolute atomic E-state index is 12.2. The third kappa shape index (κ3) is 2.97. The standard InChI is InChI=1S/C13H16Cl2N2O/c1-8-7-16-6-5-11(8)17-13(18)12-9(14)3-2-4-10(12)15/h2-4,8,11,16H,5-7H2,1H3,(H,17,18). The maximum atomic E-state index is 12.2. The first-order valence-electron chi connectivity index (χ1n) is 6.05. The molecular formula is C13H16Cl2N2O. The third-order valence-electron chi connectivity index (χ3n) is 3.29. The molecule has 2 rings (SSSR count). The zero-order chi connectivity index (χ0) is 13.1. The Bertz CT molecular complexity index is 430. The highest BCUT2D eigenvalue weighted by molar-refractivity contribution is 6.39. The summed E-state index contributed by atoms with van der Waals surface area (Å²) in [5.74, 6) is 0.216. The van der Waals surface area contributed by atoms with E-state index in [1.807, 2.05) is 0 Å². The smallest absolute Gasteiger partial charge is 0.254 e. The molecule has 1 saturated heterocycles. The first kappa shape index (κ1) is 13.7. The largest absolute Gasteiger partial charge is 0.349 e. The number of nitrogens with one attached hydrogen (secondary N) is 2. The van der Waals surface area contributed by atoms with Crippen LogP contribution in [0.5, 0.6) is 0 Å². The molecule has 1 aromatic rings. The van der Waals surface area contributed by atoms with E-state index in [4.69, 9.17) is 23.2 Å². The molecule has 5 heteroatoms. The van der Waals surface area contributed by atoms with Crippen LogP contribution in [-0.4, -0.2) is 25.0 Å². The molecule has 2 N–H and O–H groups in total. The van der Waals surface area contributed by atoms with Gasteiger partial charge in [-0.1, -0.05) is 36.2 Å². The van der Waals surface area contributed by atoms with Gasteiger partial charge in [-0.3, -0.25) is 4.79 Å². The van der Waals surface area contributed by atoms with Crippen LogP contribution in [0.15, 0.2) is 18.2 Å². The molecule has 1 aromatic carbocycles. The van der Waals surface area contributed by atoms with E-state index in [0.29, 0.717) is 21.5 Å². The second kappa shape index (κ2) is 5.91. The fraction of sp³-hybridized carbons (Fsp3) is 0.462. The van der Waals surface area contributed by atoms with Crippen LogP contribution in [0, 0.1) is 5.92 Å². The van der Waals surface area contributed by atoms with Crippen LogP contribution in [0.1, 0.15) is 23.7 Å². The molecule has 0 saturated carbocycles. The number of hydrogen-bond donors (Lipinski definition) is 2. The van der Waals surface area contributed by atoms with Gasteiger partial charge in [0.1, 0.15) is 0 Å². The predicted octanol–water partition coefficient (Wildman–Crippen LogP) is 2.72. The molecule has 1 amide bonds. The van der Waals surface area contributed by atoms with E-state index in [0.717, 1.165) is 19.5 Å². The van der Waals surface area contributed by atoms with E-state index >= 15 is 0 Å². The molecule has 0 aliphatic carbocycles. The lowest BCUT2D eigenvalue weighted by atomic mass is 9.95. The highest BCUT2D eigenvalue weighted by Gasteiger charge is 2.24. The van der Waals surface area contributed by atoms with Gasteiger partial charge in [-0.05, 0) is 37.6 Å². The van der Waals surface area contributed by atoms with Gasteiger partial charge in [0.05, 0.1) is 15.6 Å². The molecule has 1 aliphatic heterocycles. The molecule has 0 bridgehead atoms. The summed E-state index contributed by atoms with van der Waals surface area (Å²) in [6.07, 6.45) is 0.926. The van der Waals surface area contributed by atoms with E-state index < -0.39 is 0 Å². The molecule has 0 aromatic heterocycles. The zero-order valence-corrected chi connectivity index (χ0v) is 11.7. The Morgan fingerprint density at radius 1 is 1.39 bits per heavy atom. The SMILES string of the molecule is CC1CNCCC1NC(=O)c1c(Cl)cccc1Cl. The Hall–Kier alpha value is -0.770. The molecule has 18 heavy (non-hydrogen) atoms. The quantitative estimate of drug-likeness (QED) is 0.878. The highest BCUT2D eigenvalue weighted by Crippen LogP contribution is 2.24. The summed E-state index contributed by atoms with van der Waals surface area (Å²) in [5.41, 5.74) is 0.367. The lowest BCUT2D eigenvalue weighted by Gasteiger charge is -2.30. The van der Waals surface area contributed by atoms with E-state index in [2.05, 4.69) is 17.6 Å². The summed E-state index contributed by atoms with van der Waals surface area (Å²) in [7, 11) is 0. The number of amides is 1. The highest BCUT2D eigenvalue weighted by atomic mass is 35.5. The first-order valence-corrected chi connectivity index (χ1v) is 6.80. The van der Waals surface area contributed by atoms with Crippen LogP contribution in [0.4, 0.5) is 0 Å². The van der Waals surface area contributed by atoms with Gasteiger partial charge in [0.25, 0.3) is 5.91 Å². The number of benzene rings is 1. The molecule has 1 aliphatic rings. The number of carbonyl (C=O) groups excluding carboxylic acids is 1. The van der Waals surface area contributed by atoms with Crippen molar-refractivity contribution in [1.29, 1.82) is 0 Å². The summed E-state index contributed by atoms with van der Waals surface area (Å²) in [6, 6.07) is 5.25. The van der Waals surface area contributed by atoms with Crippen LogP contribution in [0.2, 0.25) is 10.0 Å². The molecule has 2 unspecified atom stereocenters.